The molecule has 0 unspecified atom stereocenters. The quantitative estimate of drug-likeness (QED) is 0.591. The molecule has 3 nitrogen and oxygen atoms in total. The van der Waals surface area contributed by atoms with Crippen LogP contribution in [0.5, 0.6) is 0 Å². The van der Waals surface area contributed by atoms with E-state index >= 15 is 0 Å². The minimum absolute atomic E-state index is 0.104. The van der Waals surface area contributed by atoms with Crippen LogP contribution in [0.3, 0.4) is 0 Å². The van der Waals surface area contributed by atoms with Crippen LogP contribution in [-0.4, -0.2) is 17.6 Å². The van der Waals surface area contributed by atoms with E-state index in [1.54, 1.807) is 0 Å². The molecule has 0 atom stereocenters. The highest BCUT2D eigenvalue weighted by Gasteiger charge is 2.24. The molecule has 2 N–H and O–H groups in total. The summed E-state index contributed by atoms with van der Waals surface area (Å²) >= 11 is 0. The van der Waals surface area contributed by atoms with Gasteiger partial charge in [0.25, 0.3) is 0 Å². The first-order chi connectivity index (χ1) is 11.5. The molecule has 0 amide bonds. The van der Waals surface area contributed by atoms with E-state index in [1.807, 2.05) is 0 Å². The maximum atomic E-state index is 10.6. The van der Waals surface area contributed by atoms with Crippen LogP contribution >= 0.6 is 0 Å². The highest BCUT2D eigenvalue weighted by molar-refractivity contribution is 5.91. The summed E-state index contributed by atoms with van der Waals surface area (Å²) in [6.07, 6.45) is 4.03. The van der Waals surface area contributed by atoms with Crippen molar-refractivity contribution < 1.29 is 9.90 Å². The molecule has 0 aromatic heterocycles. The van der Waals surface area contributed by atoms with E-state index in [-0.39, 0.29) is 11.8 Å². The average Bonchev–Trinajstić information content (AvgIpc) is 2.57. The van der Waals surface area contributed by atoms with E-state index in [0.29, 0.717) is 0 Å². The van der Waals surface area contributed by atoms with Gasteiger partial charge in [0.05, 0.1) is 0 Å². The predicted molar refractivity (Wildman–Crippen MR) is 102 cm³/mol. The Morgan fingerprint density at radius 2 is 1.83 bits per heavy atom. The number of benzene rings is 2. The molecule has 0 aliphatic carbocycles. The molecule has 0 aliphatic heterocycles. The molecular weight excluding hydrogens is 298 g/mol. The van der Waals surface area contributed by atoms with Crippen LogP contribution < -0.4 is 5.32 Å². The second-order valence-electron chi connectivity index (χ2n) is 7.08. The number of carboxylic acid groups (broad SMARTS) is 1. The number of unbranched alkanes of at least 4 members (excludes halogenated alkanes) is 2. The Hall–Kier alpha value is -2.03. The number of carbonyl (C=O) groups is 1. The van der Waals surface area contributed by atoms with Crippen LogP contribution in [0.4, 0.5) is 5.69 Å². The van der Waals surface area contributed by atoms with E-state index in [0.717, 1.165) is 32.2 Å². The standard InChI is InChI=1S/C21H29NO2/c1-4-21(2,3)20-17-11-8-7-10-16(17)13-14-18(20)22-15-9-5-6-12-19(23)24/h7-8,10-11,13-14,22H,4-6,9,12,15H2,1-3H3,(H,23,24). The maximum absolute atomic E-state index is 10.6. The summed E-state index contributed by atoms with van der Waals surface area (Å²) in [6, 6.07) is 12.9. The maximum Gasteiger partial charge on any atom is 0.303 e. The molecule has 0 saturated carbocycles. The second kappa shape index (κ2) is 8.18. The van der Waals surface area contributed by atoms with Gasteiger partial charge in [0.1, 0.15) is 0 Å². The van der Waals surface area contributed by atoms with Gasteiger partial charge in [-0.15, -0.1) is 0 Å². The van der Waals surface area contributed by atoms with E-state index in [4.69, 9.17) is 5.11 Å². The van der Waals surface area contributed by atoms with Gasteiger partial charge in [-0.2, -0.15) is 0 Å². The Kier molecular flexibility index (Phi) is 6.24. The summed E-state index contributed by atoms with van der Waals surface area (Å²) in [5.74, 6) is -0.704. The van der Waals surface area contributed by atoms with Crippen molar-refractivity contribution in [3.8, 4) is 0 Å². The van der Waals surface area contributed by atoms with Crippen molar-refractivity contribution in [2.24, 2.45) is 0 Å². The molecule has 2 rings (SSSR count). The van der Waals surface area contributed by atoms with Gasteiger partial charge in [-0.1, -0.05) is 57.5 Å². The number of nitrogens with one attached hydrogen (secondary N) is 1. The van der Waals surface area contributed by atoms with Crippen molar-refractivity contribution in [2.45, 2.75) is 58.3 Å². The molecule has 2 aromatic rings. The first-order valence-electron chi connectivity index (χ1n) is 8.93. The Morgan fingerprint density at radius 3 is 2.54 bits per heavy atom. The zero-order valence-corrected chi connectivity index (χ0v) is 15.1. The molecule has 24 heavy (non-hydrogen) atoms. The van der Waals surface area contributed by atoms with Crippen LogP contribution in [0.25, 0.3) is 10.8 Å². The number of fused-ring (bicyclic) bond motifs is 1. The predicted octanol–water partition coefficient (Wildman–Crippen LogP) is 5.58. The van der Waals surface area contributed by atoms with Crippen LogP contribution in [0.15, 0.2) is 36.4 Å². The molecule has 0 fully saturated rings. The van der Waals surface area contributed by atoms with Gasteiger partial charge >= 0.3 is 5.97 Å². The third kappa shape index (κ3) is 4.50. The number of aliphatic carboxylic acids is 1. The van der Waals surface area contributed by atoms with Gasteiger partial charge in [-0.3, -0.25) is 4.79 Å². The summed E-state index contributed by atoms with van der Waals surface area (Å²) < 4.78 is 0. The van der Waals surface area contributed by atoms with Crippen molar-refractivity contribution in [1.29, 1.82) is 0 Å². The van der Waals surface area contributed by atoms with E-state index in [9.17, 15) is 4.79 Å². The highest BCUT2D eigenvalue weighted by Crippen LogP contribution is 2.38. The third-order valence-electron chi connectivity index (χ3n) is 4.87. The number of hydrogen-bond acceptors (Lipinski definition) is 2. The lowest BCUT2D eigenvalue weighted by Crippen LogP contribution is -2.19. The second-order valence-corrected chi connectivity index (χ2v) is 7.08. The minimum atomic E-state index is -0.704. The molecule has 0 radical (unpaired) electrons. The van der Waals surface area contributed by atoms with Gasteiger partial charge in [0.2, 0.25) is 0 Å². The number of anilines is 1. The summed E-state index contributed by atoms with van der Waals surface area (Å²) in [6.45, 7) is 7.71. The smallest absolute Gasteiger partial charge is 0.303 e. The van der Waals surface area contributed by atoms with E-state index < -0.39 is 5.97 Å². The minimum Gasteiger partial charge on any atom is -0.481 e. The van der Waals surface area contributed by atoms with Crippen LogP contribution in [0, 0.1) is 0 Å². The SMILES string of the molecule is CCC(C)(C)c1c(NCCCCCC(=O)O)ccc2ccccc12. The fourth-order valence-corrected chi connectivity index (χ4v) is 3.13. The average molecular weight is 327 g/mol. The molecule has 0 heterocycles. The zero-order valence-electron chi connectivity index (χ0n) is 15.1. The fraction of sp³-hybridized carbons (Fsp3) is 0.476. The first kappa shape index (κ1) is 18.3. The molecule has 130 valence electrons. The Bertz CT molecular complexity index is 691. The van der Waals surface area contributed by atoms with Gasteiger partial charge in [0.15, 0.2) is 0 Å². The summed E-state index contributed by atoms with van der Waals surface area (Å²) in [5, 5.41) is 14.9. The number of hydrogen-bond donors (Lipinski definition) is 2. The Morgan fingerprint density at radius 1 is 1.08 bits per heavy atom. The van der Waals surface area contributed by atoms with Crippen LogP contribution in [0.2, 0.25) is 0 Å². The Labute approximate surface area is 145 Å². The van der Waals surface area contributed by atoms with Gasteiger partial charge in [-0.25, -0.2) is 0 Å². The number of carboxylic acids is 1. The topological polar surface area (TPSA) is 49.3 Å². The lowest BCUT2D eigenvalue weighted by molar-refractivity contribution is -0.137. The molecule has 0 spiro atoms. The molecule has 0 bridgehead atoms. The van der Waals surface area contributed by atoms with E-state index in [1.165, 1.54) is 22.0 Å². The van der Waals surface area contributed by atoms with Crippen molar-refractivity contribution in [3.05, 3.63) is 42.0 Å². The van der Waals surface area contributed by atoms with Crippen molar-refractivity contribution >= 4 is 22.4 Å². The largest absolute Gasteiger partial charge is 0.481 e. The third-order valence-corrected chi connectivity index (χ3v) is 4.87. The monoisotopic (exact) mass is 327 g/mol. The lowest BCUT2D eigenvalue weighted by Gasteiger charge is -2.28. The summed E-state index contributed by atoms with van der Waals surface area (Å²) in [4.78, 5) is 10.6. The zero-order chi connectivity index (χ0) is 17.6. The van der Waals surface area contributed by atoms with Gasteiger partial charge < -0.3 is 10.4 Å². The fourth-order valence-electron chi connectivity index (χ4n) is 3.13. The molecule has 2 aromatic carbocycles. The molecule has 0 aliphatic rings. The lowest BCUT2D eigenvalue weighted by atomic mass is 9.78. The van der Waals surface area contributed by atoms with Gasteiger partial charge in [-0.05, 0) is 47.1 Å². The molecular formula is C21H29NO2. The molecule has 0 saturated heterocycles. The van der Waals surface area contributed by atoms with Gasteiger partial charge in [0, 0.05) is 18.7 Å². The van der Waals surface area contributed by atoms with E-state index in [2.05, 4.69) is 62.5 Å². The van der Waals surface area contributed by atoms with Crippen LogP contribution in [0.1, 0.15) is 58.4 Å². The normalized spacial score (nSPS) is 11.6. The molecule has 3 heteroatoms. The first-order valence-corrected chi connectivity index (χ1v) is 8.93. The van der Waals surface area contributed by atoms with Crippen molar-refractivity contribution in [2.75, 3.05) is 11.9 Å². The highest BCUT2D eigenvalue weighted by atomic mass is 16.4. The number of rotatable bonds is 9. The van der Waals surface area contributed by atoms with Crippen LogP contribution in [-0.2, 0) is 10.2 Å². The summed E-state index contributed by atoms with van der Waals surface area (Å²) in [5.41, 5.74) is 2.69. The van der Waals surface area contributed by atoms with Crippen molar-refractivity contribution in [3.63, 3.8) is 0 Å². The van der Waals surface area contributed by atoms with Crippen molar-refractivity contribution in [1.82, 2.24) is 0 Å². The summed E-state index contributed by atoms with van der Waals surface area (Å²) in [7, 11) is 0. The Balaban J connectivity index is 2.14.